The van der Waals surface area contributed by atoms with Crippen LogP contribution in [0.2, 0.25) is 0 Å². The first-order chi connectivity index (χ1) is 17.5. The molecule has 1 saturated heterocycles. The monoisotopic (exact) mass is 480 g/mol. The van der Waals surface area contributed by atoms with Crippen molar-refractivity contribution in [2.24, 2.45) is 0 Å². The number of aromatic nitrogens is 1. The third-order valence-corrected chi connectivity index (χ3v) is 7.57. The second kappa shape index (κ2) is 9.28. The lowest BCUT2D eigenvalue weighted by molar-refractivity contribution is -0.106. The predicted molar refractivity (Wildman–Crippen MR) is 133 cm³/mol. The Balaban J connectivity index is 0.000000477. The molecule has 36 heavy (non-hydrogen) atoms. The highest BCUT2D eigenvalue weighted by atomic mass is 16.5. The molecule has 3 heterocycles. The summed E-state index contributed by atoms with van der Waals surface area (Å²) in [6, 6.07) is 22.8. The van der Waals surface area contributed by atoms with E-state index in [1.807, 2.05) is 48.5 Å². The highest BCUT2D eigenvalue weighted by Gasteiger charge is 2.69. The summed E-state index contributed by atoms with van der Waals surface area (Å²) in [5.41, 5.74) is 0.402. The molecule has 0 spiro atoms. The van der Waals surface area contributed by atoms with Gasteiger partial charge in [-0.3, -0.25) is 0 Å². The lowest BCUT2D eigenvalue weighted by atomic mass is 9.72. The van der Waals surface area contributed by atoms with Gasteiger partial charge in [0.05, 0.1) is 24.3 Å². The molecule has 7 heteroatoms. The number of hydrogen-bond donors (Lipinski definition) is 1. The Hall–Kier alpha value is -3.91. The van der Waals surface area contributed by atoms with Gasteiger partial charge in [-0.25, -0.2) is 4.98 Å². The zero-order chi connectivity index (χ0) is 25.3. The topological polar surface area (TPSA) is 102 Å². The first kappa shape index (κ1) is 23.8. The third-order valence-electron chi connectivity index (χ3n) is 7.57. The van der Waals surface area contributed by atoms with E-state index in [1.54, 1.807) is 18.2 Å². The molecule has 182 valence electrons. The second-order valence-electron chi connectivity index (χ2n) is 9.55. The molecular formula is C29H28N4O3. The van der Waals surface area contributed by atoms with E-state index in [1.165, 1.54) is 26.6 Å². The molecule has 1 aliphatic carbocycles. The van der Waals surface area contributed by atoms with Crippen molar-refractivity contribution in [3.05, 3.63) is 88.6 Å². The van der Waals surface area contributed by atoms with Crippen LogP contribution >= 0.6 is 0 Å². The van der Waals surface area contributed by atoms with Crippen LogP contribution in [0.4, 0.5) is 0 Å². The maximum atomic E-state index is 12.2. The van der Waals surface area contributed by atoms with Crippen molar-refractivity contribution in [1.29, 1.82) is 10.5 Å². The zero-order valence-electron chi connectivity index (χ0n) is 20.4. The molecule has 0 radical (unpaired) electrons. The van der Waals surface area contributed by atoms with Gasteiger partial charge < -0.3 is 19.5 Å². The molecule has 0 bridgehead atoms. The first-order valence-electron chi connectivity index (χ1n) is 12.1. The molecule has 6 rings (SSSR count). The SMILES string of the molecule is CN1CCC1.COc1nc(C#N)cc2c1C1(O)CCC(c3ccccc3)C1(c1ccc(C#N)cc1)O2. The zero-order valence-corrected chi connectivity index (χ0v) is 20.4. The van der Waals surface area contributed by atoms with Crippen LogP contribution in [0, 0.1) is 22.7 Å². The summed E-state index contributed by atoms with van der Waals surface area (Å²) in [5.74, 6) is 0.436. The van der Waals surface area contributed by atoms with Crippen LogP contribution in [0.15, 0.2) is 60.7 Å². The van der Waals surface area contributed by atoms with Crippen molar-refractivity contribution < 1.29 is 14.6 Å². The second-order valence-corrected chi connectivity index (χ2v) is 9.55. The number of benzene rings is 2. The van der Waals surface area contributed by atoms with Crippen LogP contribution in [0.3, 0.4) is 0 Å². The van der Waals surface area contributed by atoms with Gasteiger partial charge in [-0.15, -0.1) is 0 Å². The Morgan fingerprint density at radius 1 is 1.08 bits per heavy atom. The molecule has 3 aliphatic rings. The quantitative estimate of drug-likeness (QED) is 0.599. The third kappa shape index (κ3) is 3.60. The summed E-state index contributed by atoms with van der Waals surface area (Å²) in [5, 5.41) is 30.9. The van der Waals surface area contributed by atoms with E-state index >= 15 is 0 Å². The number of methoxy groups -OCH3 is 1. The van der Waals surface area contributed by atoms with Crippen LogP contribution in [0.1, 0.15) is 53.1 Å². The average molecular weight is 481 g/mol. The Morgan fingerprint density at radius 3 is 2.33 bits per heavy atom. The minimum absolute atomic E-state index is 0.158. The van der Waals surface area contributed by atoms with E-state index in [9.17, 15) is 15.6 Å². The van der Waals surface area contributed by atoms with Crippen LogP contribution < -0.4 is 9.47 Å². The number of nitriles is 2. The van der Waals surface area contributed by atoms with E-state index in [4.69, 9.17) is 9.47 Å². The van der Waals surface area contributed by atoms with Crippen molar-refractivity contribution in [3.8, 4) is 23.8 Å². The Labute approximate surface area is 211 Å². The van der Waals surface area contributed by atoms with Crippen molar-refractivity contribution in [3.63, 3.8) is 0 Å². The van der Waals surface area contributed by atoms with Gasteiger partial charge >= 0.3 is 0 Å². The molecule has 1 saturated carbocycles. The summed E-state index contributed by atoms with van der Waals surface area (Å²) in [6.45, 7) is 2.64. The normalized spacial score (nSPS) is 25.6. The summed E-state index contributed by atoms with van der Waals surface area (Å²) in [4.78, 5) is 6.58. The first-order valence-corrected chi connectivity index (χ1v) is 12.1. The molecule has 3 unspecified atom stereocenters. The number of rotatable bonds is 3. The Morgan fingerprint density at radius 2 is 1.78 bits per heavy atom. The Kier molecular flexibility index (Phi) is 6.14. The standard InChI is InChI=1S/C25H19N3O3.C4H9N/c1-30-23-22-21(13-19(15-27)28-23)31-25(18-9-7-16(14-26)8-10-18)20(11-12-24(22,25)29)17-5-3-2-4-6-17;1-5-3-2-4-5/h2-10,13,20,29H,11-12H2,1H3;2-4H2,1H3. The molecule has 3 aromatic rings. The smallest absolute Gasteiger partial charge is 0.224 e. The lowest BCUT2D eigenvalue weighted by Crippen LogP contribution is -2.48. The fraction of sp³-hybridized carbons (Fsp3) is 0.345. The average Bonchev–Trinajstić information content (AvgIpc) is 3.34. The number of aliphatic hydroxyl groups is 1. The fourth-order valence-corrected chi connectivity index (χ4v) is 5.69. The van der Waals surface area contributed by atoms with Gasteiger partial charge in [0.15, 0.2) is 5.60 Å². The summed E-state index contributed by atoms with van der Waals surface area (Å²) in [7, 11) is 3.61. The van der Waals surface area contributed by atoms with Gasteiger partial charge in [-0.05, 0) is 62.7 Å². The van der Waals surface area contributed by atoms with Crippen LogP contribution in [0.5, 0.6) is 11.6 Å². The fourth-order valence-electron chi connectivity index (χ4n) is 5.69. The molecule has 2 aliphatic heterocycles. The number of pyridine rings is 1. The van der Waals surface area contributed by atoms with E-state index < -0.39 is 11.2 Å². The lowest BCUT2D eigenvalue weighted by Gasteiger charge is -2.40. The van der Waals surface area contributed by atoms with Crippen molar-refractivity contribution in [1.82, 2.24) is 9.88 Å². The maximum Gasteiger partial charge on any atom is 0.224 e. The summed E-state index contributed by atoms with van der Waals surface area (Å²) >= 11 is 0. The number of hydrogen-bond acceptors (Lipinski definition) is 7. The molecular weight excluding hydrogens is 452 g/mol. The summed E-state index contributed by atoms with van der Waals surface area (Å²) < 4.78 is 12.1. The number of likely N-dealkylation sites (tertiary alicyclic amines) is 1. The van der Waals surface area contributed by atoms with E-state index in [2.05, 4.69) is 23.0 Å². The van der Waals surface area contributed by atoms with E-state index in [0.29, 0.717) is 29.7 Å². The van der Waals surface area contributed by atoms with Gasteiger partial charge in [0.25, 0.3) is 0 Å². The van der Waals surface area contributed by atoms with Crippen LogP contribution in [-0.4, -0.2) is 42.2 Å². The maximum absolute atomic E-state index is 12.2. The van der Waals surface area contributed by atoms with Crippen molar-refractivity contribution >= 4 is 0 Å². The molecule has 2 aromatic carbocycles. The minimum atomic E-state index is -1.41. The molecule has 3 atom stereocenters. The van der Waals surface area contributed by atoms with Gasteiger partial charge in [0, 0.05) is 12.0 Å². The van der Waals surface area contributed by atoms with Gasteiger partial charge in [-0.2, -0.15) is 10.5 Å². The van der Waals surface area contributed by atoms with Crippen molar-refractivity contribution in [2.75, 3.05) is 27.2 Å². The number of ether oxygens (including phenoxy) is 2. The molecule has 2 fully saturated rings. The van der Waals surface area contributed by atoms with Crippen molar-refractivity contribution in [2.45, 2.75) is 36.4 Å². The summed E-state index contributed by atoms with van der Waals surface area (Å²) in [6.07, 6.45) is 2.53. The number of nitrogens with zero attached hydrogens (tertiary/aromatic N) is 4. The van der Waals surface area contributed by atoms with Crippen LogP contribution in [0.25, 0.3) is 0 Å². The molecule has 1 N–H and O–H groups in total. The van der Waals surface area contributed by atoms with E-state index in [0.717, 1.165) is 11.1 Å². The van der Waals surface area contributed by atoms with Gasteiger partial charge in [0.1, 0.15) is 23.1 Å². The van der Waals surface area contributed by atoms with E-state index in [-0.39, 0.29) is 17.5 Å². The minimum Gasteiger partial charge on any atom is -0.481 e. The van der Waals surface area contributed by atoms with Gasteiger partial charge in [-0.1, -0.05) is 42.5 Å². The van der Waals surface area contributed by atoms with Gasteiger partial charge in [0.2, 0.25) is 5.88 Å². The highest BCUT2D eigenvalue weighted by molar-refractivity contribution is 5.58. The molecule has 7 nitrogen and oxygen atoms in total. The molecule has 0 amide bonds. The predicted octanol–water partition coefficient (Wildman–Crippen LogP) is 4.21. The Bertz CT molecular complexity index is 1340. The largest absolute Gasteiger partial charge is 0.481 e. The van der Waals surface area contributed by atoms with Crippen LogP contribution in [-0.2, 0) is 11.2 Å². The molecule has 1 aromatic heterocycles. The number of fused-ring (bicyclic) bond motifs is 3. The highest BCUT2D eigenvalue weighted by Crippen LogP contribution is 2.67.